The summed E-state index contributed by atoms with van der Waals surface area (Å²) in [5, 5.41) is 6.20. The second-order valence-corrected chi connectivity index (χ2v) is 12.6. The number of likely N-dealkylation sites (tertiary alicyclic amines) is 1. The van der Waals surface area contributed by atoms with Gasteiger partial charge in [0.2, 0.25) is 27.7 Å². The minimum absolute atomic E-state index is 0.0230. The summed E-state index contributed by atoms with van der Waals surface area (Å²) in [7, 11) is -3.94. The lowest BCUT2D eigenvalue weighted by molar-refractivity contribution is -0.138. The van der Waals surface area contributed by atoms with Crippen molar-refractivity contribution in [1.29, 1.82) is 0 Å². The molecule has 2 atom stereocenters. The number of aliphatic imine (C=N–C) groups is 1. The number of nitrogens with one attached hydrogen (secondary N) is 3. The molecule has 1 saturated heterocycles. The summed E-state index contributed by atoms with van der Waals surface area (Å²) in [5.41, 5.74) is 12.5. The molecule has 14 nitrogen and oxygen atoms in total. The van der Waals surface area contributed by atoms with Gasteiger partial charge in [0.15, 0.2) is 5.96 Å². The number of carbonyl (C=O) groups excluding carboxylic acids is 3. The van der Waals surface area contributed by atoms with Crippen molar-refractivity contribution in [3.8, 4) is 0 Å². The van der Waals surface area contributed by atoms with E-state index in [1.807, 2.05) is 6.92 Å². The highest BCUT2D eigenvalue weighted by molar-refractivity contribution is 7.89. The minimum atomic E-state index is -3.94. The Morgan fingerprint density at radius 3 is 2.53 bits per heavy atom. The molecule has 0 unspecified atom stereocenters. The van der Waals surface area contributed by atoms with E-state index in [1.54, 1.807) is 31.2 Å². The molecule has 240 valence electrons. The molecule has 0 bridgehead atoms. The van der Waals surface area contributed by atoms with Crippen LogP contribution in [0.1, 0.15) is 36.8 Å². The highest BCUT2D eigenvalue weighted by Crippen LogP contribution is 2.22. The zero-order valence-corrected chi connectivity index (χ0v) is 25.9. The van der Waals surface area contributed by atoms with Gasteiger partial charge >= 0.3 is 5.63 Å². The first-order valence-electron chi connectivity index (χ1n) is 14.4. The summed E-state index contributed by atoms with van der Waals surface area (Å²) in [6.45, 7) is 3.55. The van der Waals surface area contributed by atoms with Crippen molar-refractivity contribution in [2.24, 2.45) is 16.5 Å². The van der Waals surface area contributed by atoms with Crippen LogP contribution in [-0.4, -0.2) is 68.7 Å². The maximum atomic E-state index is 13.4. The fourth-order valence-corrected chi connectivity index (χ4v) is 6.04. The average Bonchev–Trinajstić information content (AvgIpc) is 3.48. The normalized spacial score (nSPS) is 15.4. The Morgan fingerprint density at radius 2 is 1.82 bits per heavy atom. The lowest BCUT2D eigenvalue weighted by atomic mass is 10.1. The van der Waals surface area contributed by atoms with Crippen molar-refractivity contribution in [1.82, 2.24) is 14.9 Å². The Morgan fingerprint density at radius 1 is 1.09 bits per heavy atom. The largest absolute Gasteiger partial charge is 0.423 e. The molecular weight excluding hydrogens is 602 g/mol. The van der Waals surface area contributed by atoms with Gasteiger partial charge in [0.1, 0.15) is 17.7 Å². The molecule has 45 heavy (non-hydrogen) atoms. The Bertz CT molecular complexity index is 1770. The second kappa shape index (κ2) is 14.3. The number of rotatable bonds is 12. The van der Waals surface area contributed by atoms with Crippen LogP contribution in [0.25, 0.3) is 11.0 Å². The molecule has 3 aromatic rings. The zero-order valence-electron chi connectivity index (χ0n) is 25.0. The molecule has 1 aliphatic heterocycles. The van der Waals surface area contributed by atoms with E-state index in [2.05, 4.69) is 20.3 Å². The van der Waals surface area contributed by atoms with Gasteiger partial charge in [-0.05, 0) is 69.4 Å². The molecular formula is C30H37N7O7S. The van der Waals surface area contributed by atoms with E-state index in [0.29, 0.717) is 35.9 Å². The van der Waals surface area contributed by atoms with Crippen molar-refractivity contribution in [2.75, 3.05) is 25.0 Å². The number of sulfonamides is 1. The van der Waals surface area contributed by atoms with Gasteiger partial charge in [0.25, 0.3) is 0 Å². The van der Waals surface area contributed by atoms with Crippen LogP contribution in [0.5, 0.6) is 0 Å². The smallest absolute Gasteiger partial charge is 0.336 e. The maximum absolute atomic E-state index is 13.4. The van der Waals surface area contributed by atoms with Crippen LogP contribution in [0.15, 0.2) is 67.6 Å². The Hall–Kier alpha value is -4.76. The first kappa shape index (κ1) is 33.1. The van der Waals surface area contributed by atoms with E-state index >= 15 is 0 Å². The van der Waals surface area contributed by atoms with Gasteiger partial charge in [-0.2, -0.15) is 0 Å². The van der Waals surface area contributed by atoms with Crippen molar-refractivity contribution < 1.29 is 27.2 Å². The number of carbonyl (C=O) groups is 3. The van der Waals surface area contributed by atoms with Gasteiger partial charge in [-0.15, -0.1) is 0 Å². The van der Waals surface area contributed by atoms with E-state index in [-0.39, 0.29) is 30.4 Å². The molecule has 2 aromatic carbocycles. The quantitative estimate of drug-likeness (QED) is 0.0820. The Kier molecular flexibility index (Phi) is 10.6. The summed E-state index contributed by atoms with van der Waals surface area (Å²) in [5.74, 6) is -1.76. The van der Waals surface area contributed by atoms with Gasteiger partial charge in [-0.1, -0.05) is 17.7 Å². The Balaban J connectivity index is 1.44. The van der Waals surface area contributed by atoms with Gasteiger partial charge < -0.3 is 31.4 Å². The van der Waals surface area contributed by atoms with Gasteiger partial charge in [-0.3, -0.25) is 19.4 Å². The van der Waals surface area contributed by atoms with Crippen LogP contribution in [0.3, 0.4) is 0 Å². The van der Waals surface area contributed by atoms with Crippen LogP contribution in [0, 0.1) is 13.8 Å². The number of benzene rings is 2. The summed E-state index contributed by atoms with van der Waals surface area (Å²) in [6.07, 6.45) is 1.40. The van der Waals surface area contributed by atoms with Crippen LogP contribution in [-0.2, 0) is 24.4 Å². The number of anilines is 1. The van der Waals surface area contributed by atoms with Crippen LogP contribution < -0.4 is 32.4 Å². The third-order valence-electron chi connectivity index (χ3n) is 7.42. The summed E-state index contributed by atoms with van der Waals surface area (Å²) >= 11 is 0. The van der Waals surface area contributed by atoms with Crippen molar-refractivity contribution in [3.63, 3.8) is 0 Å². The molecule has 7 N–H and O–H groups in total. The predicted octanol–water partition coefficient (Wildman–Crippen LogP) is 0.856. The molecule has 1 fully saturated rings. The molecule has 1 aliphatic rings. The summed E-state index contributed by atoms with van der Waals surface area (Å²) in [6, 6.07) is 10.5. The number of amides is 3. The van der Waals surface area contributed by atoms with Gasteiger partial charge in [0.05, 0.1) is 11.4 Å². The predicted molar refractivity (Wildman–Crippen MR) is 169 cm³/mol. The molecule has 3 amide bonds. The lowest BCUT2D eigenvalue weighted by Crippen LogP contribution is -2.53. The molecule has 0 saturated carbocycles. The number of guanidine groups is 1. The van der Waals surface area contributed by atoms with Crippen molar-refractivity contribution >= 4 is 50.4 Å². The maximum Gasteiger partial charge on any atom is 0.336 e. The fraction of sp³-hybridized carbons (Fsp3) is 0.367. The highest BCUT2D eigenvalue weighted by atomic mass is 32.2. The number of nitrogens with two attached hydrogens (primary N) is 2. The summed E-state index contributed by atoms with van der Waals surface area (Å²) < 4.78 is 32.9. The third-order valence-corrected chi connectivity index (χ3v) is 8.83. The average molecular weight is 640 g/mol. The van der Waals surface area contributed by atoms with Crippen molar-refractivity contribution in [3.05, 3.63) is 70.1 Å². The topological polar surface area (TPSA) is 219 Å². The van der Waals surface area contributed by atoms with Crippen LogP contribution >= 0.6 is 0 Å². The summed E-state index contributed by atoms with van der Waals surface area (Å²) in [4.78, 5) is 57.0. The van der Waals surface area contributed by atoms with E-state index in [9.17, 15) is 27.6 Å². The number of fused-ring (bicyclic) bond motifs is 1. The third kappa shape index (κ3) is 8.67. The first-order chi connectivity index (χ1) is 21.3. The number of nitrogens with zero attached hydrogens (tertiary/aromatic N) is 2. The molecule has 1 aromatic heterocycles. The van der Waals surface area contributed by atoms with E-state index in [1.165, 1.54) is 29.2 Å². The number of hydrogen-bond donors (Lipinski definition) is 5. The molecule has 0 aliphatic carbocycles. The monoisotopic (exact) mass is 639 g/mol. The standard InChI is InChI=1S/C30H37N7O7S/c1-18-7-10-21(11-8-18)45(42,43)34-17-26(38)37-14-4-6-24(37)29(41)36-23(5-3-13-33-30(31)32)28(40)35-20-9-12-22-19(2)15-27(39)44-25(22)16-20/h7-12,15-16,23-24,34H,3-6,13-14,17H2,1-2H3,(H,35,40)(H,36,41)(H4,31,32,33)/t23-,24+/m0/s1. The fourth-order valence-electron chi connectivity index (χ4n) is 5.07. The SMILES string of the molecule is Cc1ccc(S(=O)(=O)NCC(=O)N2CCC[C@@H]2C(=O)N[C@@H](CCCN=C(N)N)C(=O)Nc2ccc3c(C)cc(=O)oc3c2)cc1. The first-order valence-corrected chi connectivity index (χ1v) is 15.9. The molecule has 0 radical (unpaired) electrons. The van der Waals surface area contributed by atoms with E-state index in [4.69, 9.17) is 15.9 Å². The van der Waals surface area contributed by atoms with Crippen LogP contribution in [0.2, 0.25) is 0 Å². The second-order valence-electron chi connectivity index (χ2n) is 10.8. The zero-order chi connectivity index (χ0) is 32.7. The molecule has 15 heteroatoms. The highest BCUT2D eigenvalue weighted by Gasteiger charge is 2.36. The van der Waals surface area contributed by atoms with E-state index in [0.717, 1.165) is 11.1 Å². The minimum Gasteiger partial charge on any atom is -0.423 e. The number of aryl methyl sites for hydroxylation is 2. The molecule has 0 spiro atoms. The van der Waals surface area contributed by atoms with Crippen LogP contribution in [0.4, 0.5) is 5.69 Å². The Labute approximate surface area is 260 Å². The van der Waals surface area contributed by atoms with E-state index < -0.39 is 52.0 Å². The lowest BCUT2D eigenvalue weighted by Gasteiger charge is -2.26. The molecule has 4 rings (SSSR count). The van der Waals surface area contributed by atoms with Gasteiger partial charge in [-0.25, -0.2) is 17.9 Å². The van der Waals surface area contributed by atoms with Crippen molar-refractivity contribution in [2.45, 2.75) is 56.5 Å². The number of hydrogen-bond acceptors (Lipinski definition) is 8. The van der Waals surface area contributed by atoms with Gasteiger partial charge in [0, 0.05) is 36.3 Å². The molecule has 2 heterocycles.